The van der Waals surface area contributed by atoms with Gasteiger partial charge < -0.3 is 4.57 Å². The van der Waals surface area contributed by atoms with Gasteiger partial charge >= 0.3 is 0 Å². The predicted octanol–water partition coefficient (Wildman–Crippen LogP) is 5.41. The van der Waals surface area contributed by atoms with Gasteiger partial charge in [-0.15, -0.1) is 12.4 Å². The third kappa shape index (κ3) is 4.52. The minimum absolute atomic E-state index is 0. The van der Waals surface area contributed by atoms with Crippen LogP contribution in [0.5, 0.6) is 0 Å². The predicted molar refractivity (Wildman–Crippen MR) is 121 cm³/mol. The van der Waals surface area contributed by atoms with E-state index in [1.807, 2.05) is 23.8 Å². The van der Waals surface area contributed by atoms with Crippen molar-refractivity contribution in [2.75, 3.05) is 11.4 Å². The fourth-order valence-corrected chi connectivity index (χ4v) is 4.36. The van der Waals surface area contributed by atoms with E-state index in [-0.39, 0.29) is 24.1 Å². The lowest BCUT2D eigenvalue weighted by atomic mass is 10.1. The molecule has 0 unspecified atom stereocenters. The number of rotatable bonds is 6. The molecule has 8 heteroatoms. The number of imidazole rings is 1. The highest BCUT2D eigenvalue weighted by atomic mass is 35.5. The molecule has 2 aromatic carbocycles. The first kappa shape index (κ1) is 21.9. The lowest BCUT2D eigenvalue weighted by Gasteiger charge is -2.20. The molecule has 0 N–H and O–H groups in total. The molecule has 5 nitrogen and oxygen atoms in total. The monoisotopic (exact) mass is 444 g/mol. The third-order valence-electron chi connectivity index (χ3n) is 4.86. The van der Waals surface area contributed by atoms with Crippen LogP contribution in [-0.2, 0) is 6.54 Å². The molecule has 0 bridgehead atoms. The van der Waals surface area contributed by atoms with Crippen molar-refractivity contribution in [3.63, 3.8) is 0 Å². The molecule has 0 saturated heterocycles. The number of carbonyl (C=O) groups excluding carboxylic acids is 1. The Kier molecular flexibility index (Phi) is 6.84. The average molecular weight is 445 g/mol. The Labute approximate surface area is 184 Å². The number of aryl methyl sites for hydroxylation is 3. The summed E-state index contributed by atoms with van der Waals surface area (Å²) in [6.07, 6.45) is 6.14. The molecule has 156 valence electrons. The Hall–Kier alpha value is -2.77. The molecule has 1 amide bonds. The SMILES string of the molecule is Cc1ccc(C)c2sc(N(CCCn3ccnc3)C(=O)c3ccc(F)cc3)nc12.Cl. The second-order valence-electron chi connectivity index (χ2n) is 6.99. The van der Waals surface area contributed by atoms with Crippen LogP contribution in [0.4, 0.5) is 9.52 Å². The summed E-state index contributed by atoms with van der Waals surface area (Å²) in [7, 11) is 0. The van der Waals surface area contributed by atoms with Gasteiger partial charge in [-0.1, -0.05) is 23.5 Å². The first-order valence-corrected chi connectivity index (χ1v) is 10.2. The van der Waals surface area contributed by atoms with Crippen LogP contribution >= 0.6 is 23.7 Å². The summed E-state index contributed by atoms with van der Waals surface area (Å²) in [6, 6.07) is 9.78. The van der Waals surface area contributed by atoms with Gasteiger partial charge in [0, 0.05) is 31.0 Å². The number of nitrogens with zero attached hydrogens (tertiary/aromatic N) is 4. The van der Waals surface area contributed by atoms with Crippen molar-refractivity contribution in [1.82, 2.24) is 14.5 Å². The largest absolute Gasteiger partial charge is 0.337 e. The topological polar surface area (TPSA) is 51.0 Å². The van der Waals surface area contributed by atoms with Crippen molar-refractivity contribution in [2.24, 2.45) is 0 Å². The van der Waals surface area contributed by atoms with Crippen LogP contribution in [0.1, 0.15) is 27.9 Å². The lowest BCUT2D eigenvalue weighted by molar-refractivity contribution is 0.0986. The molecule has 0 spiro atoms. The molecule has 4 aromatic rings. The number of hydrogen-bond acceptors (Lipinski definition) is 4. The van der Waals surface area contributed by atoms with Crippen molar-refractivity contribution in [3.05, 3.63) is 77.6 Å². The van der Waals surface area contributed by atoms with Crippen LogP contribution in [0.25, 0.3) is 10.2 Å². The van der Waals surface area contributed by atoms with E-state index < -0.39 is 0 Å². The summed E-state index contributed by atoms with van der Waals surface area (Å²) in [6.45, 7) is 5.33. The fourth-order valence-electron chi connectivity index (χ4n) is 3.23. The highest BCUT2D eigenvalue weighted by Crippen LogP contribution is 2.33. The summed E-state index contributed by atoms with van der Waals surface area (Å²) < 4.78 is 16.4. The van der Waals surface area contributed by atoms with E-state index in [0.29, 0.717) is 17.2 Å². The second kappa shape index (κ2) is 9.36. The first-order chi connectivity index (χ1) is 14.0. The molecule has 2 aromatic heterocycles. The summed E-state index contributed by atoms with van der Waals surface area (Å²) in [4.78, 5) is 23.8. The molecule has 30 heavy (non-hydrogen) atoms. The molecule has 0 aliphatic heterocycles. The zero-order valence-electron chi connectivity index (χ0n) is 16.7. The minimum atomic E-state index is -0.362. The summed E-state index contributed by atoms with van der Waals surface area (Å²) >= 11 is 1.52. The quantitative estimate of drug-likeness (QED) is 0.399. The summed E-state index contributed by atoms with van der Waals surface area (Å²) in [5.74, 6) is -0.538. The van der Waals surface area contributed by atoms with Crippen LogP contribution in [0.2, 0.25) is 0 Å². The molecule has 0 aliphatic carbocycles. The molecule has 4 rings (SSSR count). The zero-order valence-corrected chi connectivity index (χ0v) is 18.3. The Morgan fingerprint density at radius 1 is 1.13 bits per heavy atom. The first-order valence-electron chi connectivity index (χ1n) is 9.43. The van der Waals surface area contributed by atoms with E-state index >= 15 is 0 Å². The van der Waals surface area contributed by atoms with Crippen LogP contribution in [0.15, 0.2) is 55.1 Å². The number of fused-ring (bicyclic) bond motifs is 1. The van der Waals surface area contributed by atoms with E-state index in [4.69, 9.17) is 4.98 Å². The standard InChI is InChI=1S/C22H21FN4OS.ClH/c1-15-4-5-16(2)20-19(15)25-22(29-20)27(12-3-11-26-13-10-24-14-26)21(28)17-6-8-18(23)9-7-17;/h4-10,13-14H,3,11-12H2,1-2H3;1H. The van der Waals surface area contributed by atoms with Crippen molar-refractivity contribution < 1.29 is 9.18 Å². The van der Waals surface area contributed by atoms with Gasteiger partial charge in [-0.2, -0.15) is 0 Å². The number of anilines is 1. The van der Waals surface area contributed by atoms with Crippen molar-refractivity contribution >= 4 is 45.0 Å². The number of halogens is 2. The number of carbonyl (C=O) groups is 1. The van der Waals surface area contributed by atoms with Crippen molar-refractivity contribution in [2.45, 2.75) is 26.8 Å². The maximum atomic E-state index is 13.3. The summed E-state index contributed by atoms with van der Waals surface area (Å²) in [5, 5.41) is 0.664. The maximum Gasteiger partial charge on any atom is 0.260 e. The lowest BCUT2D eigenvalue weighted by Crippen LogP contribution is -2.32. The maximum absolute atomic E-state index is 13.3. The Morgan fingerprint density at radius 2 is 1.87 bits per heavy atom. The van der Waals surface area contributed by atoms with E-state index in [2.05, 4.69) is 18.0 Å². The highest BCUT2D eigenvalue weighted by Gasteiger charge is 2.22. The third-order valence-corrected chi connectivity index (χ3v) is 6.07. The number of hydrogen-bond donors (Lipinski definition) is 0. The van der Waals surface area contributed by atoms with E-state index in [9.17, 15) is 9.18 Å². The van der Waals surface area contributed by atoms with Crippen LogP contribution in [-0.4, -0.2) is 27.0 Å². The molecule has 0 atom stereocenters. The highest BCUT2D eigenvalue weighted by molar-refractivity contribution is 7.22. The van der Waals surface area contributed by atoms with Gasteiger partial charge in [0.15, 0.2) is 5.13 Å². The summed E-state index contributed by atoms with van der Waals surface area (Å²) in [5.41, 5.74) is 3.60. The van der Waals surface area contributed by atoms with Crippen molar-refractivity contribution in [3.8, 4) is 0 Å². The zero-order chi connectivity index (χ0) is 20.4. The van der Waals surface area contributed by atoms with Gasteiger partial charge in [0.25, 0.3) is 5.91 Å². The molecular formula is C22H22ClFN4OS. The van der Waals surface area contributed by atoms with Gasteiger partial charge in [-0.25, -0.2) is 14.4 Å². The van der Waals surface area contributed by atoms with Crippen LogP contribution in [0, 0.1) is 19.7 Å². The smallest absolute Gasteiger partial charge is 0.260 e. The van der Waals surface area contributed by atoms with E-state index in [1.54, 1.807) is 17.4 Å². The fraction of sp³-hybridized carbons (Fsp3) is 0.227. The minimum Gasteiger partial charge on any atom is -0.337 e. The van der Waals surface area contributed by atoms with E-state index in [0.717, 1.165) is 34.3 Å². The average Bonchev–Trinajstić information content (AvgIpc) is 3.39. The Bertz CT molecular complexity index is 1100. The number of amides is 1. The molecule has 0 saturated carbocycles. The Balaban J connectivity index is 0.00000256. The van der Waals surface area contributed by atoms with Crippen LogP contribution < -0.4 is 4.90 Å². The number of benzene rings is 2. The molecule has 0 fully saturated rings. The van der Waals surface area contributed by atoms with E-state index in [1.165, 1.54) is 35.6 Å². The molecular weight excluding hydrogens is 423 g/mol. The van der Waals surface area contributed by atoms with Gasteiger partial charge in [0.05, 0.1) is 16.5 Å². The number of aromatic nitrogens is 3. The number of thiazole rings is 1. The van der Waals surface area contributed by atoms with Gasteiger partial charge in [-0.05, 0) is 55.7 Å². The van der Waals surface area contributed by atoms with Crippen LogP contribution in [0.3, 0.4) is 0 Å². The Morgan fingerprint density at radius 3 is 2.53 bits per heavy atom. The van der Waals surface area contributed by atoms with Crippen molar-refractivity contribution in [1.29, 1.82) is 0 Å². The molecule has 0 radical (unpaired) electrons. The molecule has 2 heterocycles. The second-order valence-corrected chi connectivity index (χ2v) is 7.97. The molecule has 0 aliphatic rings. The van der Waals surface area contributed by atoms with Gasteiger partial charge in [0.1, 0.15) is 5.82 Å². The normalized spacial score (nSPS) is 10.8. The van der Waals surface area contributed by atoms with Gasteiger partial charge in [0.2, 0.25) is 0 Å². The van der Waals surface area contributed by atoms with Gasteiger partial charge in [-0.3, -0.25) is 9.69 Å².